The van der Waals surface area contributed by atoms with Gasteiger partial charge in [-0.2, -0.15) is 0 Å². The van der Waals surface area contributed by atoms with Crippen molar-refractivity contribution < 1.29 is 4.42 Å². The summed E-state index contributed by atoms with van der Waals surface area (Å²) in [5.41, 5.74) is 1.07. The standard InChI is InChI=1S/C17H27N3O/c1-14(2)13-19-17(20-15-7-4-3-5-8-15)18-11-10-16-9-6-12-21-16/h6,9,12,15H,1,3-5,7-8,10-11,13H2,2H3,(H2,18,19,20). The third-order valence-corrected chi connectivity index (χ3v) is 3.70. The molecule has 116 valence electrons. The Morgan fingerprint density at radius 2 is 2.19 bits per heavy atom. The summed E-state index contributed by atoms with van der Waals surface area (Å²) in [5.74, 6) is 1.90. The van der Waals surface area contributed by atoms with Crippen molar-refractivity contribution in [3.63, 3.8) is 0 Å². The first-order chi connectivity index (χ1) is 10.2. The van der Waals surface area contributed by atoms with E-state index in [1.54, 1.807) is 6.26 Å². The molecule has 1 heterocycles. The van der Waals surface area contributed by atoms with E-state index in [9.17, 15) is 0 Å². The molecular formula is C17H27N3O. The average molecular weight is 289 g/mol. The van der Waals surface area contributed by atoms with Gasteiger partial charge in [0.1, 0.15) is 5.76 Å². The van der Waals surface area contributed by atoms with Crippen molar-refractivity contribution >= 4 is 5.96 Å². The molecule has 2 rings (SSSR count). The highest BCUT2D eigenvalue weighted by molar-refractivity contribution is 5.80. The van der Waals surface area contributed by atoms with Gasteiger partial charge in [0.2, 0.25) is 0 Å². The molecule has 0 aliphatic heterocycles. The summed E-state index contributed by atoms with van der Waals surface area (Å²) in [6.45, 7) is 7.41. The minimum atomic E-state index is 0.554. The summed E-state index contributed by atoms with van der Waals surface area (Å²) in [6, 6.07) is 4.48. The number of furan rings is 1. The van der Waals surface area contributed by atoms with Crippen molar-refractivity contribution in [1.82, 2.24) is 10.6 Å². The topological polar surface area (TPSA) is 49.6 Å². The van der Waals surface area contributed by atoms with Crippen LogP contribution in [0.1, 0.15) is 44.8 Å². The number of guanidine groups is 1. The molecule has 0 bridgehead atoms. The van der Waals surface area contributed by atoms with Gasteiger partial charge in [-0.1, -0.05) is 31.4 Å². The van der Waals surface area contributed by atoms with Crippen LogP contribution in [0.25, 0.3) is 0 Å². The zero-order valence-electron chi connectivity index (χ0n) is 13.0. The van der Waals surface area contributed by atoms with E-state index >= 15 is 0 Å². The van der Waals surface area contributed by atoms with Crippen LogP contribution in [0, 0.1) is 0 Å². The fraction of sp³-hybridized carbons (Fsp3) is 0.588. The van der Waals surface area contributed by atoms with Crippen LogP contribution in [-0.2, 0) is 6.42 Å². The lowest BCUT2D eigenvalue weighted by Crippen LogP contribution is -2.45. The molecule has 1 aliphatic carbocycles. The Bertz CT molecular complexity index is 445. The second kappa shape index (κ2) is 8.55. The maximum Gasteiger partial charge on any atom is 0.191 e. The predicted octanol–water partition coefficient (Wildman–Crippen LogP) is 3.27. The molecule has 2 N–H and O–H groups in total. The second-order valence-electron chi connectivity index (χ2n) is 5.86. The summed E-state index contributed by atoms with van der Waals surface area (Å²) in [7, 11) is 0. The minimum Gasteiger partial charge on any atom is -0.469 e. The highest BCUT2D eigenvalue weighted by atomic mass is 16.3. The monoisotopic (exact) mass is 289 g/mol. The van der Waals surface area contributed by atoms with Crippen LogP contribution in [0.5, 0.6) is 0 Å². The van der Waals surface area contributed by atoms with Crippen molar-refractivity contribution in [1.29, 1.82) is 0 Å². The molecule has 0 atom stereocenters. The Kier molecular flexibility index (Phi) is 6.38. The number of hydrogen-bond donors (Lipinski definition) is 2. The maximum absolute atomic E-state index is 5.35. The van der Waals surface area contributed by atoms with E-state index in [1.165, 1.54) is 32.1 Å². The van der Waals surface area contributed by atoms with Crippen LogP contribution in [0.15, 0.2) is 40.0 Å². The fourth-order valence-electron chi connectivity index (χ4n) is 2.57. The van der Waals surface area contributed by atoms with Crippen LogP contribution >= 0.6 is 0 Å². The normalized spacial score (nSPS) is 16.7. The van der Waals surface area contributed by atoms with Crippen molar-refractivity contribution in [2.45, 2.75) is 51.5 Å². The van der Waals surface area contributed by atoms with E-state index in [1.807, 2.05) is 19.1 Å². The number of rotatable bonds is 6. The number of hydrogen-bond acceptors (Lipinski definition) is 2. The average Bonchev–Trinajstić information content (AvgIpc) is 2.99. The smallest absolute Gasteiger partial charge is 0.191 e. The molecular weight excluding hydrogens is 262 g/mol. The number of nitrogens with one attached hydrogen (secondary N) is 2. The first-order valence-corrected chi connectivity index (χ1v) is 7.95. The second-order valence-corrected chi connectivity index (χ2v) is 5.86. The molecule has 21 heavy (non-hydrogen) atoms. The summed E-state index contributed by atoms with van der Waals surface area (Å²) >= 11 is 0. The Labute approximate surface area is 127 Å². The molecule has 0 radical (unpaired) electrons. The van der Waals surface area contributed by atoms with Crippen LogP contribution in [0.2, 0.25) is 0 Å². The van der Waals surface area contributed by atoms with E-state index in [0.717, 1.165) is 30.3 Å². The van der Waals surface area contributed by atoms with Crippen molar-refractivity contribution in [2.24, 2.45) is 4.99 Å². The van der Waals surface area contributed by atoms with Crippen molar-refractivity contribution in [2.75, 3.05) is 13.1 Å². The van der Waals surface area contributed by atoms with Gasteiger partial charge < -0.3 is 15.1 Å². The van der Waals surface area contributed by atoms with Gasteiger partial charge in [-0.25, -0.2) is 4.99 Å². The van der Waals surface area contributed by atoms with E-state index in [2.05, 4.69) is 22.2 Å². The molecule has 4 nitrogen and oxygen atoms in total. The number of nitrogens with zero attached hydrogens (tertiary/aromatic N) is 1. The molecule has 1 aliphatic rings. The van der Waals surface area contributed by atoms with Gasteiger partial charge in [-0.3, -0.25) is 0 Å². The summed E-state index contributed by atoms with van der Waals surface area (Å²) in [5, 5.41) is 6.96. The molecule has 1 saturated carbocycles. The zero-order chi connectivity index (χ0) is 14.9. The predicted molar refractivity (Wildman–Crippen MR) is 87.5 cm³/mol. The fourth-order valence-corrected chi connectivity index (χ4v) is 2.57. The Morgan fingerprint density at radius 1 is 1.38 bits per heavy atom. The highest BCUT2D eigenvalue weighted by Crippen LogP contribution is 2.17. The molecule has 0 saturated heterocycles. The SMILES string of the molecule is C=C(C)CN=C(NCCc1ccco1)NC1CCCCC1. The Hall–Kier alpha value is -1.71. The van der Waals surface area contributed by atoms with Gasteiger partial charge in [0.15, 0.2) is 5.96 Å². The van der Waals surface area contributed by atoms with Crippen LogP contribution in [0.3, 0.4) is 0 Å². The summed E-state index contributed by atoms with van der Waals surface area (Å²) < 4.78 is 5.35. The Balaban J connectivity index is 1.82. The Morgan fingerprint density at radius 3 is 2.86 bits per heavy atom. The highest BCUT2D eigenvalue weighted by Gasteiger charge is 2.14. The third-order valence-electron chi connectivity index (χ3n) is 3.70. The van der Waals surface area contributed by atoms with E-state index < -0.39 is 0 Å². The molecule has 1 aromatic rings. The lowest BCUT2D eigenvalue weighted by molar-refractivity contribution is 0.409. The lowest BCUT2D eigenvalue weighted by atomic mass is 9.96. The van der Waals surface area contributed by atoms with Gasteiger partial charge in [-0.15, -0.1) is 0 Å². The number of aliphatic imine (C=N–C) groups is 1. The van der Waals surface area contributed by atoms with Crippen LogP contribution in [0.4, 0.5) is 0 Å². The molecule has 0 aromatic carbocycles. The van der Waals surface area contributed by atoms with Gasteiger partial charge >= 0.3 is 0 Å². The molecule has 1 aromatic heterocycles. The van der Waals surface area contributed by atoms with Crippen molar-refractivity contribution in [3.05, 3.63) is 36.3 Å². The quantitative estimate of drug-likeness (QED) is 0.480. The van der Waals surface area contributed by atoms with Gasteiger partial charge in [0.05, 0.1) is 12.8 Å². The molecule has 0 amide bonds. The molecule has 0 unspecified atom stereocenters. The molecule has 4 heteroatoms. The summed E-state index contributed by atoms with van der Waals surface area (Å²) in [6.07, 6.45) is 9.06. The van der Waals surface area contributed by atoms with E-state index in [0.29, 0.717) is 12.6 Å². The van der Waals surface area contributed by atoms with Gasteiger partial charge in [0.25, 0.3) is 0 Å². The molecule has 0 spiro atoms. The van der Waals surface area contributed by atoms with Gasteiger partial charge in [-0.05, 0) is 31.9 Å². The largest absolute Gasteiger partial charge is 0.469 e. The van der Waals surface area contributed by atoms with Crippen molar-refractivity contribution in [3.8, 4) is 0 Å². The first-order valence-electron chi connectivity index (χ1n) is 7.95. The lowest BCUT2D eigenvalue weighted by Gasteiger charge is -2.25. The minimum absolute atomic E-state index is 0.554. The van der Waals surface area contributed by atoms with Crippen LogP contribution in [-0.4, -0.2) is 25.1 Å². The molecule has 1 fully saturated rings. The van der Waals surface area contributed by atoms with Gasteiger partial charge in [0, 0.05) is 19.0 Å². The maximum atomic E-state index is 5.35. The van der Waals surface area contributed by atoms with Crippen LogP contribution < -0.4 is 10.6 Å². The first kappa shape index (κ1) is 15.7. The van der Waals surface area contributed by atoms with E-state index in [-0.39, 0.29) is 0 Å². The third kappa shape index (κ3) is 6.06. The summed E-state index contributed by atoms with van der Waals surface area (Å²) in [4.78, 5) is 4.60. The van der Waals surface area contributed by atoms with E-state index in [4.69, 9.17) is 4.42 Å². The zero-order valence-corrected chi connectivity index (χ0v) is 13.0.